The van der Waals surface area contributed by atoms with Gasteiger partial charge in [0.2, 0.25) is 5.89 Å². The fraction of sp³-hybridized carbons (Fsp3) is 0.846. The van der Waals surface area contributed by atoms with Crippen molar-refractivity contribution in [2.75, 3.05) is 19.6 Å². The minimum absolute atomic E-state index is 0.444. The molecule has 1 fully saturated rings. The highest BCUT2D eigenvalue weighted by Gasteiger charge is 2.43. The van der Waals surface area contributed by atoms with Crippen LogP contribution in [-0.2, 0) is 12.0 Å². The van der Waals surface area contributed by atoms with Gasteiger partial charge in [0.1, 0.15) is 0 Å². The molecule has 0 spiro atoms. The molecule has 0 radical (unpaired) electrons. The lowest BCUT2D eigenvalue weighted by molar-refractivity contribution is 0.270. The Bertz CT molecular complexity index is 380. The van der Waals surface area contributed by atoms with E-state index in [-0.39, 0.29) is 0 Å². The molecule has 1 aromatic heterocycles. The molecule has 0 bridgehead atoms. The molecule has 0 aliphatic heterocycles. The molecular weight excluding hydrogens is 228 g/mol. The normalized spacial score (nSPS) is 19.2. The van der Waals surface area contributed by atoms with Crippen LogP contribution in [0.25, 0.3) is 0 Å². The summed E-state index contributed by atoms with van der Waals surface area (Å²) < 4.78 is 5.33. The van der Waals surface area contributed by atoms with Gasteiger partial charge in [-0.3, -0.25) is 0 Å². The Kier molecular flexibility index (Phi) is 4.02. The Morgan fingerprint density at radius 3 is 2.61 bits per heavy atom. The van der Waals surface area contributed by atoms with Gasteiger partial charge in [0, 0.05) is 13.0 Å². The zero-order chi connectivity index (χ0) is 13.2. The van der Waals surface area contributed by atoms with E-state index < -0.39 is 5.54 Å². The van der Waals surface area contributed by atoms with E-state index in [1.165, 1.54) is 12.8 Å². The first-order valence-corrected chi connectivity index (χ1v) is 6.92. The number of hydrogen-bond donors (Lipinski definition) is 1. The lowest BCUT2D eigenvalue weighted by Gasteiger charge is -2.18. The van der Waals surface area contributed by atoms with Crippen LogP contribution in [0.4, 0.5) is 0 Å². The minimum Gasteiger partial charge on any atom is -0.337 e. The van der Waals surface area contributed by atoms with Gasteiger partial charge in [0.25, 0.3) is 0 Å². The number of nitrogens with zero attached hydrogens (tertiary/aromatic N) is 3. The quantitative estimate of drug-likeness (QED) is 0.797. The summed E-state index contributed by atoms with van der Waals surface area (Å²) in [7, 11) is 0. The molecule has 5 nitrogen and oxygen atoms in total. The van der Waals surface area contributed by atoms with Crippen molar-refractivity contribution < 1.29 is 4.52 Å². The Morgan fingerprint density at radius 1 is 1.39 bits per heavy atom. The van der Waals surface area contributed by atoms with Gasteiger partial charge in [0.15, 0.2) is 5.82 Å². The van der Waals surface area contributed by atoms with E-state index in [0.717, 1.165) is 31.9 Å². The van der Waals surface area contributed by atoms with E-state index in [0.29, 0.717) is 11.8 Å². The second-order valence-corrected chi connectivity index (χ2v) is 5.35. The fourth-order valence-corrected chi connectivity index (χ4v) is 2.23. The van der Waals surface area contributed by atoms with Gasteiger partial charge < -0.3 is 15.2 Å². The summed E-state index contributed by atoms with van der Waals surface area (Å²) in [4.78, 5) is 6.80. The zero-order valence-electron chi connectivity index (χ0n) is 11.6. The highest BCUT2D eigenvalue weighted by atomic mass is 16.5. The number of likely N-dealkylation sites (N-methyl/N-ethyl adjacent to an activating group) is 1. The lowest BCUT2D eigenvalue weighted by Crippen LogP contribution is -2.35. The first-order valence-electron chi connectivity index (χ1n) is 6.92. The van der Waals surface area contributed by atoms with Crippen molar-refractivity contribution >= 4 is 0 Å². The van der Waals surface area contributed by atoms with E-state index in [1.54, 1.807) is 0 Å². The molecule has 18 heavy (non-hydrogen) atoms. The smallest absolute Gasteiger partial charge is 0.246 e. The Balaban J connectivity index is 1.93. The molecule has 2 N–H and O–H groups in total. The second-order valence-electron chi connectivity index (χ2n) is 5.35. The number of aromatic nitrogens is 2. The highest BCUT2D eigenvalue weighted by molar-refractivity contribution is 5.07. The molecule has 1 unspecified atom stereocenters. The first kappa shape index (κ1) is 13.5. The molecule has 0 saturated heterocycles. The van der Waals surface area contributed by atoms with E-state index in [4.69, 9.17) is 10.3 Å². The van der Waals surface area contributed by atoms with Gasteiger partial charge >= 0.3 is 0 Å². The maximum Gasteiger partial charge on any atom is 0.246 e. The van der Waals surface area contributed by atoms with Crippen LogP contribution in [0, 0.1) is 5.92 Å². The number of rotatable bonds is 7. The van der Waals surface area contributed by atoms with Crippen molar-refractivity contribution in [3.63, 3.8) is 0 Å². The van der Waals surface area contributed by atoms with Crippen LogP contribution >= 0.6 is 0 Å². The summed E-state index contributed by atoms with van der Waals surface area (Å²) in [5, 5.41) is 4.04. The lowest BCUT2D eigenvalue weighted by atomic mass is 9.97. The topological polar surface area (TPSA) is 68.2 Å². The van der Waals surface area contributed by atoms with E-state index in [9.17, 15) is 0 Å². The van der Waals surface area contributed by atoms with Gasteiger partial charge in [-0.15, -0.1) is 0 Å². The number of nitrogens with two attached hydrogens (primary N) is 1. The summed E-state index contributed by atoms with van der Waals surface area (Å²) in [6.07, 6.45) is 3.17. The highest BCUT2D eigenvalue weighted by Crippen LogP contribution is 2.43. The van der Waals surface area contributed by atoms with Crippen molar-refractivity contribution in [2.24, 2.45) is 11.7 Å². The Hall–Kier alpha value is -0.940. The largest absolute Gasteiger partial charge is 0.337 e. The molecule has 1 atom stereocenters. The maximum atomic E-state index is 6.26. The third kappa shape index (κ3) is 2.90. The van der Waals surface area contributed by atoms with Crippen LogP contribution < -0.4 is 5.73 Å². The summed E-state index contributed by atoms with van der Waals surface area (Å²) in [6.45, 7) is 9.39. The van der Waals surface area contributed by atoms with Gasteiger partial charge in [-0.1, -0.05) is 19.0 Å². The molecule has 1 aliphatic rings. The van der Waals surface area contributed by atoms with E-state index in [1.807, 2.05) is 6.92 Å². The van der Waals surface area contributed by atoms with Crippen LogP contribution in [-0.4, -0.2) is 34.7 Å². The predicted octanol–water partition coefficient (Wildman–Crippen LogP) is 1.54. The third-order valence-corrected chi connectivity index (χ3v) is 3.90. The standard InChI is InChI=1S/C13H24N4O/c1-4-17(5-2)9-8-11-15-12(18-16-11)13(3,14)10-6-7-10/h10H,4-9,14H2,1-3H3. The monoisotopic (exact) mass is 252 g/mol. The third-order valence-electron chi connectivity index (χ3n) is 3.90. The van der Waals surface area contributed by atoms with E-state index in [2.05, 4.69) is 28.9 Å². The van der Waals surface area contributed by atoms with Crippen LogP contribution in [0.2, 0.25) is 0 Å². The van der Waals surface area contributed by atoms with Gasteiger partial charge in [-0.05, 0) is 38.8 Å². The summed E-state index contributed by atoms with van der Waals surface area (Å²) in [6, 6.07) is 0. The van der Waals surface area contributed by atoms with Crippen LogP contribution in [0.5, 0.6) is 0 Å². The molecule has 102 valence electrons. The molecular formula is C13H24N4O. The van der Waals surface area contributed by atoms with Crippen molar-refractivity contribution in [3.8, 4) is 0 Å². The summed E-state index contributed by atoms with van der Waals surface area (Å²) in [5.74, 6) is 1.88. The van der Waals surface area contributed by atoms with E-state index >= 15 is 0 Å². The van der Waals surface area contributed by atoms with Crippen LogP contribution in [0.1, 0.15) is 45.3 Å². The summed E-state index contributed by atoms with van der Waals surface area (Å²) >= 11 is 0. The zero-order valence-corrected chi connectivity index (χ0v) is 11.6. The molecule has 1 heterocycles. The SMILES string of the molecule is CCN(CC)CCc1noc(C(C)(N)C2CC2)n1. The first-order chi connectivity index (χ1) is 8.57. The molecule has 1 saturated carbocycles. The molecule has 0 aromatic carbocycles. The van der Waals surface area contributed by atoms with Crippen LogP contribution in [0.3, 0.4) is 0 Å². The fourth-order valence-electron chi connectivity index (χ4n) is 2.23. The Morgan fingerprint density at radius 2 is 2.06 bits per heavy atom. The van der Waals surface area contributed by atoms with Crippen LogP contribution in [0.15, 0.2) is 4.52 Å². The number of hydrogen-bond acceptors (Lipinski definition) is 5. The van der Waals surface area contributed by atoms with Crippen molar-refractivity contribution in [3.05, 3.63) is 11.7 Å². The maximum absolute atomic E-state index is 6.26. The average Bonchev–Trinajstić information content (AvgIpc) is 3.11. The molecule has 0 amide bonds. The average molecular weight is 252 g/mol. The predicted molar refractivity (Wildman–Crippen MR) is 70.1 cm³/mol. The molecule has 1 aromatic rings. The molecule has 1 aliphatic carbocycles. The van der Waals surface area contributed by atoms with Crippen molar-refractivity contribution in [1.29, 1.82) is 0 Å². The second kappa shape index (κ2) is 5.36. The Labute approximate surface area is 109 Å². The van der Waals surface area contributed by atoms with Gasteiger partial charge in [-0.2, -0.15) is 4.98 Å². The van der Waals surface area contributed by atoms with Gasteiger partial charge in [-0.25, -0.2) is 0 Å². The molecule has 2 rings (SSSR count). The van der Waals surface area contributed by atoms with Crippen molar-refractivity contribution in [2.45, 2.75) is 45.6 Å². The van der Waals surface area contributed by atoms with Gasteiger partial charge in [0.05, 0.1) is 5.54 Å². The minimum atomic E-state index is -0.444. The van der Waals surface area contributed by atoms with Crippen molar-refractivity contribution in [1.82, 2.24) is 15.0 Å². The molecule has 5 heteroatoms. The summed E-state index contributed by atoms with van der Waals surface area (Å²) in [5.41, 5.74) is 5.81.